The molecule has 27 heavy (non-hydrogen) atoms. The van der Waals surface area contributed by atoms with Gasteiger partial charge in [-0.2, -0.15) is 0 Å². The number of nitrogens with zero attached hydrogens (tertiary/aromatic N) is 3. The maximum absolute atomic E-state index is 12.7. The first-order chi connectivity index (χ1) is 13.0. The summed E-state index contributed by atoms with van der Waals surface area (Å²) in [6.07, 6.45) is 1.73. The standard InChI is InChI=1S/C20H27N3OS.C2H6/c1-14(2)16-5-7-17(8-6-16)19-21-13-18(25-19)20(24)23-11-9-22(10-12-23)15(3)4;1-2/h5-8,13-15H,9-12H2,1-4H3;1-2H3. The second-order valence-corrected chi connectivity index (χ2v) is 8.26. The Bertz CT molecular complexity index is 713. The number of piperazine rings is 1. The molecule has 0 atom stereocenters. The summed E-state index contributed by atoms with van der Waals surface area (Å²) in [5.41, 5.74) is 2.40. The van der Waals surface area contributed by atoms with Crippen molar-refractivity contribution in [3.05, 3.63) is 40.9 Å². The van der Waals surface area contributed by atoms with Crippen molar-refractivity contribution in [2.45, 2.75) is 53.5 Å². The van der Waals surface area contributed by atoms with E-state index in [-0.39, 0.29) is 5.91 Å². The van der Waals surface area contributed by atoms with Gasteiger partial charge in [0, 0.05) is 37.8 Å². The second-order valence-electron chi connectivity index (χ2n) is 7.23. The van der Waals surface area contributed by atoms with Gasteiger partial charge in [-0.1, -0.05) is 52.0 Å². The van der Waals surface area contributed by atoms with Crippen molar-refractivity contribution in [2.24, 2.45) is 0 Å². The highest BCUT2D eigenvalue weighted by atomic mass is 32.1. The number of hydrogen-bond acceptors (Lipinski definition) is 4. The maximum atomic E-state index is 12.7. The molecule has 0 radical (unpaired) electrons. The summed E-state index contributed by atoms with van der Waals surface area (Å²) >= 11 is 1.49. The lowest BCUT2D eigenvalue weighted by molar-refractivity contribution is 0.0600. The van der Waals surface area contributed by atoms with Gasteiger partial charge < -0.3 is 4.90 Å². The van der Waals surface area contributed by atoms with Gasteiger partial charge in [0.15, 0.2) is 0 Å². The summed E-state index contributed by atoms with van der Waals surface area (Å²) < 4.78 is 0. The third-order valence-electron chi connectivity index (χ3n) is 4.87. The van der Waals surface area contributed by atoms with Crippen LogP contribution in [0.1, 0.15) is 62.7 Å². The number of aromatic nitrogens is 1. The molecule has 1 aliphatic heterocycles. The van der Waals surface area contributed by atoms with Crippen molar-refractivity contribution in [2.75, 3.05) is 26.2 Å². The molecule has 0 unspecified atom stereocenters. The van der Waals surface area contributed by atoms with Gasteiger partial charge in [0.25, 0.3) is 5.91 Å². The maximum Gasteiger partial charge on any atom is 0.265 e. The van der Waals surface area contributed by atoms with E-state index in [2.05, 4.69) is 61.8 Å². The molecule has 1 amide bonds. The minimum absolute atomic E-state index is 0.117. The van der Waals surface area contributed by atoms with Crippen molar-refractivity contribution in [3.8, 4) is 10.6 Å². The molecule has 1 fully saturated rings. The molecule has 3 rings (SSSR count). The zero-order valence-corrected chi connectivity index (χ0v) is 18.3. The minimum atomic E-state index is 0.117. The Hall–Kier alpha value is -1.72. The topological polar surface area (TPSA) is 36.4 Å². The van der Waals surface area contributed by atoms with Gasteiger partial charge in [-0.3, -0.25) is 9.69 Å². The minimum Gasteiger partial charge on any atom is -0.335 e. The van der Waals surface area contributed by atoms with E-state index >= 15 is 0 Å². The number of carbonyl (C=O) groups excluding carboxylic acids is 1. The highest BCUT2D eigenvalue weighted by molar-refractivity contribution is 7.16. The molecule has 0 saturated carbocycles. The van der Waals surface area contributed by atoms with Crippen molar-refractivity contribution < 1.29 is 4.79 Å². The van der Waals surface area contributed by atoms with Crippen LogP contribution in [0, 0.1) is 0 Å². The Kier molecular flexibility index (Phi) is 7.99. The fourth-order valence-electron chi connectivity index (χ4n) is 3.11. The van der Waals surface area contributed by atoms with Crippen LogP contribution in [0.5, 0.6) is 0 Å². The predicted molar refractivity (Wildman–Crippen MR) is 116 cm³/mol. The van der Waals surface area contributed by atoms with E-state index in [1.165, 1.54) is 16.9 Å². The Morgan fingerprint density at radius 1 is 1.00 bits per heavy atom. The lowest BCUT2D eigenvalue weighted by Gasteiger charge is -2.36. The number of hydrogen-bond donors (Lipinski definition) is 0. The van der Waals surface area contributed by atoms with Crippen LogP contribution in [0.2, 0.25) is 0 Å². The Labute approximate surface area is 168 Å². The van der Waals surface area contributed by atoms with E-state index in [0.29, 0.717) is 12.0 Å². The molecular weight excluding hydrogens is 354 g/mol. The van der Waals surface area contributed by atoms with Gasteiger partial charge in [-0.15, -0.1) is 11.3 Å². The molecule has 148 valence electrons. The van der Waals surface area contributed by atoms with E-state index in [0.717, 1.165) is 41.6 Å². The summed E-state index contributed by atoms with van der Waals surface area (Å²) in [5.74, 6) is 0.637. The zero-order valence-electron chi connectivity index (χ0n) is 17.5. The smallest absolute Gasteiger partial charge is 0.265 e. The van der Waals surface area contributed by atoms with E-state index < -0.39 is 0 Å². The average Bonchev–Trinajstić information content (AvgIpc) is 3.19. The van der Waals surface area contributed by atoms with Gasteiger partial charge in [0.05, 0.1) is 6.20 Å². The summed E-state index contributed by atoms with van der Waals surface area (Å²) in [6, 6.07) is 9.04. The molecule has 2 heterocycles. The highest BCUT2D eigenvalue weighted by Gasteiger charge is 2.24. The monoisotopic (exact) mass is 387 g/mol. The fourth-order valence-corrected chi connectivity index (χ4v) is 4.00. The third-order valence-corrected chi connectivity index (χ3v) is 5.91. The Balaban J connectivity index is 0.00000126. The zero-order chi connectivity index (χ0) is 20.0. The predicted octanol–water partition coefficient (Wildman–Crippen LogP) is 5.13. The van der Waals surface area contributed by atoms with Crippen molar-refractivity contribution in [1.29, 1.82) is 0 Å². The summed E-state index contributed by atoms with van der Waals surface area (Å²) in [6.45, 7) is 16.3. The molecule has 1 aromatic carbocycles. The van der Waals surface area contributed by atoms with Gasteiger partial charge in [-0.05, 0) is 25.3 Å². The Morgan fingerprint density at radius 3 is 2.11 bits per heavy atom. The lowest BCUT2D eigenvalue weighted by Crippen LogP contribution is -2.50. The average molecular weight is 388 g/mol. The molecular formula is C22H33N3OS. The van der Waals surface area contributed by atoms with Gasteiger partial charge >= 0.3 is 0 Å². The summed E-state index contributed by atoms with van der Waals surface area (Å²) in [5, 5.41) is 0.916. The summed E-state index contributed by atoms with van der Waals surface area (Å²) in [7, 11) is 0. The van der Waals surface area contributed by atoms with Crippen molar-refractivity contribution in [3.63, 3.8) is 0 Å². The quantitative estimate of drug-likeness (QED) is 0.730. The van der Waals surface area contributed by atoms with Crippen LogP contribution in [-0.2, 0) is 0 Å². The van der Waals surface area contributed by atoms with Gasteiger partial charge in [0.2, 0.25) is 0 Å². The molecule has 1 aromatic heterocycles. The van der Waals surface area contributed by atoms with Gasteiger partial charge in [0.1, 0.15) is 9.88 Å². The summed E-state index contributed by atoms with van der Waals surface area (Å²) in [4.78, 5) is 22.3. The second kappa shape index (κ2) is 10.00. The molecule has 5 heteroatoms. The first-order valence-electron chi connectivity index (χ1n) is 10.0. The van der Waals surface area contributed by atoms with E-state index in [9.17, 15) is 4.79 Å². The number of thiazole rings is 1. The van der Waals surface area contributed by atoms with Crippen LogP contribution in [0.25, 0.3) is 10.6 Å². The molecule has 0 N–H and O–H groups in total. The van der Waals surface area contributed by atoms with Gasteiger partial charge in [-0.25, -0.2) is 4.98 Å². The number of carbonyl (C=O) groups is 1. The third kappa shape index (κ3) is 5.39. The highest BCUT2D eigenvalue weighted by Crippen LogP contribution is 2.27. The van der Waals surface area contributed by atoms with Crippen LogP contribution in [-0.4, -0.2) is 52.9 Å². The van der Waals surface area contributed by atoms with Crippen molar-refractivity contribution in [1.82, 2.24) is 14.8 Å². The number of rotatable bonds is 4. The fraction of sp³-hybridized carbons (Fsp3) is 0.545. The molecule has 2 aromatic rings. The van der Waals surface area contributed by atoms with E-state index in [4.69, 9.17) is 0 Å². The SMILES string of the molecule is CC.CC(C)c1ccc(-c2ncc(C(=O)N3CCN(C(C)C)CC3)s2)cc1. The van der Waals surface area contributed by atoms with Crippen LogP contribution < -0.4 is 0 Å². The van der Waals surface area contributed by atoms with E-state index in [1.54, 1.807) is 6.20 Å². The lowest BCUT2D eigenvalue weighted by atomic mass is 10.0. The molecule has 0 bridgehead atoms. The normalized spacial score (nSPS) is 15.0. The molecule has 1 saturated heterocycles. The first kappa shape index (κ1) is 21.6. The molecule has 4 nitrogen and oxygen atoms in total. The van der Waals surface area contributed by atoms with Crippen LogP contribution in [0.15, 0.2) is 30.5 Å². The van der Waals surface area contributed by atoms with Crippen LogP contribution in [0.3, 0.4) is 0 Å². The van der Waals surface area contributed by atoms with Crippen LogP contribution in [0.4, 0.5) is 0 Å². The largest absolute Gasteiger partial charge is 0.335 e. The number of amides is 1. The first-order valence-corrected chi connectivity index (χ1v) is 10.9. The Morgan fingerprint density at radius 2 is 1.59 bits per heavy atom. The van der Waals surface area contributed by atoms with Crippen LogP contribution >= 0.6 is 11.3 Å². The number of benzene rings is 1. The molecule has 1 aliphatic rings. The molecule has 0 aliphatic carbocycles. The van der Waals surface area contributed by atoms with Crippen molar-refractivity contribution >= 4 is 17.2 Å². The van der Waals surface area contributed by atoms with E-state index in [1.807, 2.05) is 18.7 Å². The molecule has 0 spiro atoms.